The van der Waals surface area contributed by atoms with Gasteiger partial charge in [-0.1, -0.05) is 68.4 Å². The van der Waals surface area contributed by atoms with Gasteiger partial charge in [-0.25, -0.2) is 0 Å². The Labute approximate surface area is 156 Å². The van der Waals surface area contributed by atoms with Crippen molar-refractivity contribution in [3.63, 3.8) is 0 Å². The zero-order chi connectivity index (χ0) is 19.2. The molecule has 26 heavy (non-hydrogen) atoms. The van der Waals surface area contributed by atoms with Crippen LogP contribution in [0.3, 0.4) is 0 Å². The number of ether oxygens (including phenoxy) is 1. The van der Waals surface area contributed by atoms with Gasteiger partial charge >= 0.3 is 5.97 Å². The van der Waals surface area contributed by atoms with Gasteiger partial charge in [0.2, 0.25) is 0 Å². The van der Waals surface area contributed by atoms with Crippen LogP contribution in [0, 0.1) is 5.92 Å². The van der Waals surface area contributed by atoms with Crippen LogP contribution in [0.15, 0.2) is 54.6 Å². The minimum Gasteiger partial charge on any atom is -0.466 e. The highest BCUT2D eigenvalue weighted by Gasteiger charge is 2.32. The summed E-state index contributed by atoms with van der Waals surface area (Å²) in [6, 6.07) is 18.3. The molecule has 0 aliphatic rings. The van der Waals surface area contributed by atoms with E-state index in [4.69, 9.17) is 10.5 Å². The Bertz CT molecular complexity index is 695. The maximum Gasteiger partial charge on any atom is 0.311 e. The Hall–Kier alpha value is -2.17. The van der Waals surface area contributed by atoms with Crippen LogP contribution in [0.5, 0.6) is 0 Å². The van der Waals surface area contributed by atoms with E-state index in [2.05, 4.69) is 50.2 Å². The van der Waals surface area contributed by atoms with Crippen LogP contribution in [-0.2, 0) is 14.9 Å². The summed E-state index contributed by atoms with van der Waals surface area (Å²) in [7, 11) is 0. The highest BCUT2D eigenvalue weighted by Crippen LogP contribution is 2.31. The molecule has 2 aromatic carbocycles. The summed E-state index contributed by atoms with van der Waals surface area (Å²) in [6.45, 7) is 5.93. The van der Waals surface area contributed by atoms with E-state index in [9.17, 15) is 9.90 Å². The molecule has 0 saturated carbocycles. The van der Waals surface area contributed by atoms with E-state index in [1.54, 1.807) is 6.92 Å². The minimum absolute atomic E-state index is 0.254. The molecule has 0 heterocycles. The third-order valence-electron chi connectivity index (χ3n) is 5.04. The smallest absolute Gasteiger partial charge is 0.311 e. The van der Waals surface area contributed by atoms with E-state index < -0.39 is 5.92 Å². The molecule has 4 heteroatoms. The fourth-order valence-electron chi connectivity index (χ4n) is 3.04. The number of nitrogens with two attached hydrogens (primary N) is 1. The van der Waals surface area contributed by atoms with Gasteiger partial charge in [-0.3, -0.25) is 4.79 Å². The van der Waals surface area contributed by atoms with E-state index in [-0.39, 0.29) is 24.0 Å². The van der Waals surface area contributed by atoms with Crippen molar-refractivity contribution in [1.29, 1.82) is 0 Å². The van der Waals surface area contributed by atoms with Crippen LogP contribution in [-0.4, -0.2) is 30.3 Å². The number of benzene rings is 2. The van der Waals surface area contributed by atoms with Crippen molar-refractivity contribution in [2.75, 3.05) is 13.2 Å². The number of rotatable bonds is 8. The molecule has 0 radical (unpaired) electrons. The second-order valence-electron chi connectivity index (χ2n) is 7.14. The van der Waals surface area contributed by atoms with Gasteiger partial charge in [0.25, 0.3) is 0 Å². The quantitative estimate of drug-likeness (QED) is 0.711. The van der Waals surface area contributed by atoms with Crippen LogP contribution in [0.4, 0.5) is 0 Å². The molecule has 140 valence electrons. The van der Waals surface area contributed by atoms with Crippen molar-refractivity contribution in [1.82, 2.24) is 0 Å². The number of aliphatic hydroxyl groups is 1. The first-order valence-electron chi connectivity index (χ1n) is 9.09. The zero-order valence-corrected chi connectivity index (χ0v) is 15.8. The summed E-state index contributed by atoms with van der Waals surface area (Å²) in [5.74, 6) is -0.978. The predicted octanol–water partition coefficient (Wildman–Crippen LogP) is 3.52. The molecule has 0 bridgehead atoms. The highest BCUT2D eigenvalue weighted by atomic mass is 16.5. The Morgan fingerprint density at radius 1 is 1.08 bits per heavy atom. The van der Waals surface area contributed by atoms with Gasteiger partial charge in [-0.15, -0.1) is 0 Å². The Kier molecular flexibility index (Phi) is 6.95. The zero-order valence-electron chi connectivity index (χ0n) is 15.8. The standard InChI is InChI=1S/C22H29NO3/c1-4-26-21(25)18(15-24)14-20(23)22(2,3)19-12-10-17(11-13-19)16-8-6-5-7-9-16/h5-13,18,20,24H,4,14-15,23H2,1-3H3/t18-,20-/m0/s1. The highest BCUT2D eigenvalue weighted by molar-refractivity contribution is 5.72. The lowest BCUT2D eigenvalue weighted by molar-refractivity contribution is -0.149. The molecule has 0 fully saturated rings. The molecule has 4 nitrogen and oxygen atoms in total. The Morgan fingerprint density at radius 2 is 1.65 bits per heavy atom. The van der Waals surface area contributed by atoms with Gasteiger partial charge in [-0.05, 0) is 30.0 Å². The molecule has 0 saturated heterocycles. The van der Waals surface area contributed by atoms with E-state index in [0.29, 0.717) is 13.0 Å². The Balaban J connectivity index is 2.14. The van der Waals surface area contributed by atoms with Gasteiger partial charge in [-0.2, -0.15) is 0 Å². The molecule has 3 N–H and O–H groups in total. The summed E-state index contributed by atoms with van der Waals surface area (Å²) in [5.41, 5.74) is 9.51. The number of hydrogen-bond acceptors (Lipinski definition) is 4. The SMILES string of the molecule is CCOC(=O)[C@H](CO)C[C@H](N)C(C)(C)c1ccc(-c2ccccc2)cc1. The van der Waals surface area contributed by atoms with Crippen LogP contribution in [0.2, 0.25) is 0 Å². The number of carbonyl (C=O) groups is 1. The van der Waals surface area contributed by atoms with Crippen molar-refractivity contribution in [2.45, 2.75) is 38.6 Å². The summed E-state index contributed by atoms with van der Waals surface area (Å²) >= 11 is 0. The molecule has 0 unspecified atom stereocenters. The van der Waals surface area contributed by atoms with Crippen molar-refractivity contribution >= 4 is 5.97 Å². The molecule has 2 aromatic rings. The minimum atomic E-state index is -0.590. The fourth-order valence-corrected chi connectivity index (χ4v) is 3.04. The summed E-state index contributed by atoms with van der Waals surface area (Å²) < 4.78 is 5.02. The van der Waals surface area contributed by atoms with Crippen LogP contribution < -0.4 is 5.73 Å². The van der Waals surface area contributed by atoms with Gasteiger partial charge in [0, 0.05) is 11.5 Å². The van der Waals surface area contributed by atoms with Gasteiger partial charge in [0.05, 0.1) is 19.1 Å². The van der Waals surface area contributed by atoms with Crippen molar-refractivity contribution in [2.24, 2.45) is 11.7 Å². The number of esters is 1. The molecular weight excluding hydrogens is 326 g/mol. The third kappa shape index (κ3) is 4.71. The lowest BCUT2D eigenvalue weighted by atomic mass is 9.74. The van der Waals surface area contributed by atoms with E-state index in [1.165, 1.54) is 5.56 Å². The van der Waals surface area contributed by atoms with Crippen molar-refractivity contribution in [3.05, 3.63) is 60.2 Å². The molecule has 0 aliphatic carbocycles. The fraction of sp³-hybridized carbons (Fsp3) is 0.409. The first-order chi connectivity index (χ1) is 12.4. The van der Waals surface area contributed by atoms with Crippen molar-refractivity contribution < 1.29 is 14.6 Å². The Morgan fingerprint density at radius 3 is 2.19 bits per heavy atom. The van der Waals surface area contributed by atoms with Gasteiger partial charge in [0.1, 0.15) is 0 Å². The molecule has 0 amide bonds. The maximum atomic E-state index is 11.9. The first-order valence-corrected chi connectivity index (χ1v) is 9.09. The molecule has 0 spiro atoms. The average Bonchev–Trinajstić information content (AvgIpc) is 2.66. The van der Waals surface area contributed by atoms with E-state index in [1.807, 2.05) is 18.2 Å². The first kappa shape index (κ1) is 20.1. The molecule has 0 aromatic heterocycles. The largest absolute Gasteiger partial charge is 0.466 e. The van der Waals surface area contributed by atoms with Crippen LogP contribution >= 0.6 is 0 Å². The van der Waals surface area contributed by atoms with E-state index >= 15 is 0 Å². The molecule has 2 atom stereocenters. The van der Waals surface area contributed by atoms with Crippen LogP contribution in [0.25, 0.3) is 11.1 Å². The van der Waals surface area contributed by atoms with Crippen molar-refractivity contribution in [3.8, 4) is 11.1 Å². The van der Waals surface area contributed by atoms with E-state index in [0.717, 1.165) is 11.1 Å². The maximum absolute atomic E-state index is 11.9. The second kappa shape index (κ2) is 8.97. The molecule has 0 aliphatic heterocycles. The predicted molar refractivity (Wildman–Crippen MR) is 105 cm³/mol. The summed E-state index contributed by atoms with van der Waals surface area (Å²) in [5, 5.41) is 9.51. The monoisotopic (exact) mass is 355 g/mol. The average molecular weight is 355 g/mol. The number of aliphatic hydroxyl groups excluding tert-OH is 1. The lowest BCUT2D eigenvalue weighted by Crippen LogP contribution is -2.44. The topological polar surface area (TPSA) is 72.5 Å². The number of hydrogen-bond donors (Lipinski definition) is 2. The summed E-state index contributed by atoms with van der Waals surface area (Å²) in [4.78, 5) is 11.9. The van der Waals surface area contributed by atoms with Gasteiger partial charge in [0.15, 0.2) is 0 Å². The third-order valence-corrected chi connectivity index (χ3v) is 5.04. The number of carbonyl (C=O) groups excluding carboxylic acids is 1. The molecular formula is C22H29NO3. The normalized spacial score (nSPS) is 13.9. The van der Waals surface area contributed by atoms with Gasteiger partial charge < -0.3 is 15.6 Å². The lowest BCUT2D eigenvalue weighted by Gasteiger charge is -2.34. The molecule has 2 rings (SSSR count). The second-order valence-corrected chi connectivity index (χ2v) is 7.14. The van der Waals surface area contributed by atoms with Crippen LogP contribution in [0.1, 0.15) is 32.8 Å². The summed E-state index contributed by atoms with van der Waals surface area (Å²) in [6.07, 6.45) is 0.378.